The molecule has 3 aromatic rings. The number of nitrogens with one attached hydrogen (secondary N) is 1. The molecule has 0 bridgehead atoms. The van der Waals surface area contributed by atoms with Crippen molar-refractivity contribution in [3.63, 3.8) is 0 Å². The maximum Gasteiger partial charge on any atom is 0.225 e. The molecule has 0 unspecified atom stereocenters. The number of carbonyl (C=O) groups excluding carboxylic acids is 1. The normalized spacial score (nSPS) is 11.1. The van der Waals surface area contributed by atoms with Crippen LogP contribution in [0.5, 0.6) is 0 Å². The highest BCUT2D eigenvalue weighted by Gasteiger charge is 2.09. The second-order valence-electron chi connectivity index (χ2n) is 5.69. The molecule has 1 aromatic carbocycles. The lowest BCUT2D eigenvalue weighted by Crippen LogP contribution is -2.24. The first-order chi connectivity index (χ1) is 11.6. The summed E-state index contributed by atoms with van der Waals surface area (Å²) < 4.78 is 2.06. The number of nitrogens with zero attached hydrogens (tertiary/aromatic N) is 3. The summed E-state index contributed by atoms with van der Waals surface area (Å²) in [6.07, 6.45) is 4.27. The zero-order valence-corrected chi connectivity index (χ0v) is 14.2. The average Bonchev–Trinajstić information content (AvgIpc) is 2.98. The topological polar surface area (TPSA) is 49.6 Å². The molecule has 3 rings (SSSR count). The molecule has 124 valence electrons. The summed E-state index contributed by atoms with van der Waals surface area (Å²) in [5, 5.41) is 3.39. The van der Waals surface area contributed by atoms with Crippen molar-refractivity contribution in [2.24, 2.45) is 0 Å². The van der Waals surface area contributed by atoms with Gasteiger partial charge < -0.3 is 14.6 Å². The minimum Gasteiger partial charge on any atom is -0.325 e. The number of aromatic nitrogens is 2. The van der Waals surface area contributed by atoms with Crippen LogP contribution in [0.1, 0.15) is 12.1 Å². The van der Waals surface area contributed by atoms with E-state index in [9.17, 15) is 4.79 Å². The highest BCUT2D eigenvalue weighted by atomic mass is 35.5. The lowest BCUT2D eigenvalue weighted by molar-refractivity contribution is -0.116. The Morgan fingerprint density at radius 1 is 1.25 bits per heavy atom. The summed E-state index contributed by atoms with van der Waals surface area (Å²) in [6.45, 7) is 1.38. The molecule has 5 nitrogen and oxygen atoms in total. The quantitative estimate of drug-likeness (QED) is 0.746. The van der Waals surface area contributed by atoms with Crippen molar-refractivity contribution in [2.75, 3.05) is 18.9 Å². The molecule has 0 atom stereocenters. The number of amides is 1. The van der Waals surface area contributed by atoms with Crippen LogP contribution in [0.15, 0.2) is 54.9 Å². The van der Waals surface area contributed by atoms with Crippen LogP contribution in [-0.4, -0.2) is 33.8 Å². The van der Waals surface area contributed by atoms with E-state index < -0.39 is 0 Å². The highest BCUT2D eigenvalue weighted by Crippen LogP contribution is 2.20. The molecule has 0 spiro atoms. The van der Waals surface area contributed by atoms with Gasteiger partial charge in [0.05, 0.1) is 22.6 Å². The molecule has 0 saturated heterocycles. The van der Waals surface area contributed by atoms with Crippen LogP contribution in [0, 0.1) is 0 Å². The van der Waals surface area contributed by atoms with Crippen molar-refractivity contribution in [3.05, 3.63) is 65.6 Å². The Bertz CT molecular complexity index is 846. The summed E-state index contributed by atoms with van der Waals surface area (Å²) in [5.41, 5.74) is 2.67. The Balaban J connectivity index is 1.53. The van der Waals surface area contributed by atoms with Crippen molar-refractivity contribution in [1.29, 1.82) is 0 Å². The van der Waals surface area contributed by atoms with Crippen LogP contribution in [0.25, 0.3) is 5.65 Å². The fourth-order valence-electron chi connectivity index (χ4n) is 2.53. The number of hydrogen-bond donors (Lipinski definition) is 1. The number of halogens is 1. The lowest BCUT2D eigenvalue weighted by Gasteiger charge is -2.16. The second kappa shape index (κ2) is 7.47. The fraction of sp³-hybridized carbons (Fsp3) is 0.222. The molecule has 2 heterocycles. The van der Waals surface area contributed by atoms with Crippen LogP contribution >= 0.6 is 11.6 Å². The van der Waals surface area contributed by atoms with E-state index in [0.29, 0.717) is 23.7 Å². The molecule has 0 aliphatic carbocycles. The molecule has 0 aliphatic heterocycles. The van der Waals surface area contributed by atoms with E-state index in [1.54, 1.807) is 12.1 Å². The third-order valence-corrected chi connectivity index (χ3v) is 4.12. The van der Waals surface area contributed by atoms with Gasteiger partial charge in [0, 0.05) is 25.7 Å². The molecular weight excluding hydrogens is 324 g/mol. The predicted molar refractivity (Wildman–Crippen MR) is 96.2 cm³/mol. The summed E-state index contributed by atoms with van der Waals surface area (Å²) in [6, 6.07) is 13.2. The minimum absolute atomic E-state index is 0.0481. The average molecular weight is 343 g/mol. The van der Waals surface area contributed by atoms with E-state index in [-0.39, 0.29) is 5.91 Å². The van der Waals surface area contributed by atoms with Gasteiger partial charge in [-0.2, -0.15) is 0 Å². The molecule has 1 N–H and O–H groups in total. The summed E-state index contributed by atoms with van der Waals surface area (Å²) >= 11 is 6.05. The Labute approximate surface area is 145 Å². The SMILES string of the molecule is CN(CCC(=O)Nc1ccccc1Cl)Cc1cnc2ccccn12. The van der Waals surface area contributed by atoms with Crippen molar-refractivity contribution in [1.82, 2.24) is 14.3 Å². The fourth-order valence-corrected chi connectivity index (χ4v) is 2.71. The second-order valence-corrected chi connectivity index (χ2v) is 6.10. The molecule has 0 fully saturated rings. The van der Waals surface area contributed by atoms with Gasteiger partial charge in [0.2, 0.25) is 5.91 Å². The highest BCUT2D eigenvalue weighted by molar-refractivity contribution is 6.33. The number of carbonyl (C=O) groups is 1. The molecule has 2 aromatic heterocycles. The Morgan fingerprint density at radius 2 is 2.04 bits per heavy atom. The van der Waals surface area contributed by atoms with Crippen LogP contribution in [0.3, 0.4) is 0 Å². The van der Waals surface area contributed by atoms with E-state index >= 15 is 0 Å². The smallest absolute Gasteiger partial charge is 0.225 e. The monoisotopic (exact) mass is 342 g/mol. The molecule has 0 radical (unpaired) electrons. The molecule has 24 heavy (non-hydrogen) atoms. The van der Waals surface area contributed by atoms with Gasteiger partial charge in [-0.3, -0.25) is 4.79 Å². The first kappa shape index (κ1) is 16.5. The zero-order valence-electron chi connectivity index (χ0n) is 13.4. The maximum atomic E-state index is 12.1. The summed E-state index contributed by atoms with van der Waals surface area (Å²) in [5.74, 6) is -0.0481. The summed E-state index contributed by atoms with van der Waals surface area (Å²) in [4.78, 5) is 18.5. The van der Waals surface area contributed by atoms with Crippen LogP contribution in [-0.2, 0) is 11.3 Å². The lowest BCUT2D eigenvalue weighted by atomic mass is 10.3. The number of imidazole rings is 1. The first-order valence-corrected chi connectivity index (χ1v) is 8.15. The zero-order chi connectivity index (χ0) is 16.9. The first-order valence-electron chi connectivity index (χ1n) is 7.77. The largest absolute Gasteiger partial charge is 0.325 e. The van der Waals surface area contributed by atoms with E-state index in [4.69, 9.17) is 11.6 Å². The van der Waals surface area contributed by atoms with Crippen molar-refractivity contribution in [2.45, 2.75) is 13.0 Å². The Morgan fingerprint density at radius 3 is 2.88 bits per heavy atom. The van der Waals surface area contributed by atoms with E-state index in [1.165, 1.54) is 0 Å². The summed E-state index contributed by atoms with van der Waals surface area (Å²) in [7, 11) is 1.99. The van der Waals surface area contributed by atoms with Gasteiger partial charge in [0.25, 0.3) is 0 Å². The van der Waals surface area contributed by atoms with E-state index in [1.807, 2.05) is 49.8 Å². The number of para-hydroxylation sites is 1. The molecular formula is C18H19ClN4O. The third kappa shape index (κ3) is 3.93. The van der Waals surface area contributed by atoms with E-state index in [2.05, 4.69) is 19.6 Å². The van der Waals surface area contributed by atoms with Crippen LogP contribution < -0.4 is 5.32 Å². The van der Waals surface area contributed by atoms with Gasteiger partial charge in [-0.05, 0) is 31.3 Å². The minimum atomic E-state index is -0.0481. The number of pyridine rings is 1. The standard InChI is InChI=1S/C18H19ClN4O/c1-22(13-14-12-20-17-8-4-5-10-23(14)17)11-9-18(24)21-16-7-3-2-6-15(16)19/h2-8,10,12H,9,11,13H2,1H3,(H,21,24). The van der Waals surface area contributed by atoms with E-state index in [0.717, 1.165) is 17.9 Å². The van der Waals surface area contributed by atoms with Gasteiger partial charge in [0.1, 0.15) is 5.65 Å². The van der Waals surface area contributed by atoms with Crippen molar-refractivity contribution < 1.29 is 4.79 Å². The van der Waals surface area contributed by atoms with Gasteiger partial charge in [0.15, 0.2) is 0 Å². The van der Waals surface area contributed by atoms with Crippen LogP contribution in [0.4, 0.5) is 5.69 Å². The number of rotatable bonds is 6. The number of hydrogen-bond acceptors (Lipinski definition) is 3. The molecule has 0 saturated carbocycles. The molecule has 1 amide bonds. The Hall–Kier alpha value is -2.37. The molecule has 0 aliphatic rings. The van der Waals surface area contributed by atoms with Gasteiger partial charge in [-0.15, -0.1) is 0 Å². The predicted octanol–water partition coefficient (Wildman–Crippen LogP) is 3.45. The third-order valence-electron chi connectivity index (χ3n) is 3.79. The van der Waals surface area contributed by atoms with Crippen molar-refractivity contribution >= 4 is 28.8 Å². The van der Waals surface area contributed by atoms with Gasteiger partial charge in [-0.25, -0.2) is 4.98 Å². The van der Waals surface area contributed by atoms with Gasteiger partial charge >= 0.3 is 0 Å². The van der Waals surface area contributed by atoms with Crippen LogP contribution in [0.2, 0.25) is 5.02 Å². The number of anilines is 1. The number of benzene rings is 1. The maximum absolute atomic E-state index is 12.1. The number of fused-ring (bicyclic) bond motifs is 1. The molecule has 6 heteroatoms. The van der Waals surface area contributed by atoms with Crippen molar-refractivity contribution in [3.8, 4) is 0 Å². The van der Waals surface area contributed by atoms with Gasteiger partial charge in [-0.1, -0.05) is 29.8 Å². The Kier molecular flexibility index (Phi) is 5.13.